The van der Waals surface area contributed by atoms with E-state index in [9.17, 15) is 4.79 Å². The van der Waals surface area contributed by atoms with Gasteiger partial charge >= 0.3 is 0 Å². The molecular weight excluding hydrogens is 378 g/mol. The molecule has 2 aromatic carbocycles. The molecule has 0 amide bonds. The lowest BCUT2D eigenvalue weighted by Gasteiger charge is -2.13. The summed E-state index contributed by atoms with van der Waals surface area (Å²) in [6.07, 6.45) is 4.96. The summed E-state index contributed by atoms with van der Waals surface area (Å²) in [5.41, 5.74) is 2.87. The molecule has 3 heterocycles. The number of methoxy groups -OCH3 is 1. The highest BCUT2D eigenvalue weighted by atomic mass is 16.5. The van der Waals surface area contributed by atoms with Gasteiger partial charge in [-0.2, -0.15) is 10.2 Å². The van der Waals surface area contributed by atoms with Crippen LogP contribution in [0.15, 0.2) is 90.1 Å². The van der Waals surface area contributed by atoms with E-state index in [4.69, 9.17) is 4.74 Å². The van der Waals surface area contributed by atoms with Crippen LogP contribution in [0, 0.1) is 0 Å². The third kappa shape index (κ3) is 2.93. The summed E-state index contributed by atoms with van der Waals surface area (Å²) in [5.74, 6) is 0.189. The SMILES string of the molecule is COc1cn(-c2cccc3cccnc23)nc(-c2ccnn2-c2ccccc2)c1=O. The molecule has 0 fully saturated rings. The fourth-order valence-electron chi connectivity index (χ4n) is 3.44. The number of ether oxygens (including phenoxy) is 1. The van der Waals surface area contributed by atoms with E-state index in [1.807, 2.05) is 60.7 Å². The van der Waals surface area contributed by atoms with E-state index in [2.05, 4.69) is 15.2 Å². The summed E-state index contributed by atoms with van der Waals surface area (Å²) in [6.45, 7) is 0. The van der Waals surface area contributed by atoms with E-state index >= 15 is 0 Å². The highest BCUT2D eigenvalue weighted by molar-refractivity contribution is 5.86. The van der Waals surface area contributed by atoms with Crippen molar-refractivity contribution in [2.75, 3.05) is 7.11 Å². The number of hydrogen-bond donors (Lipinski definition) is 0. The van der Waals surface area contributed by atoms with E-state index in [-0.39, 0.29) is 16.9 Å². The molecule has 0 radical (unpaired) electrons. The summed E-state index contributed by atoms with van der Waals surface area (Å²) in [7, 11) is 1.47. The first-order chi connectivity index (χ1) is 14.8. The molecule has 0 saturated heterocycles. The van der Waals surface area contributed by atoms with Gasteiger partial charge in [0.2, 0.25) is 0 Å². The summed E-state index contributed by atoms with van der Waals surface area (Å²) >= 11 is 0. The van der Waals surface area contributed by atoms with E-state index < -0.39 is 0 Å². The van der Waals surface area contributed by atoms with E-state index in [0.717, 1.165) is 22.3 Å². The maximum absolute atomic E-state index is 13.1. The zero-order chi connectivity index (χ0) is 20.5. The molecule has 0 spiro atoms. The third-order valence-corrected chi connectivity index (χ3v) is 4.85. The number of hydrogen-bond acceptors (Lipinski definition) is 5. The van der Waals surface area contributed by atoms with Gasteiger partial charge in [0.1, 0.15) is 0 Å². The quantitative estimate of drug-likeness (QED) is 0.464. The number of nitrogens with zero attached hydrogens (tertiary/aromatic N) is 5. The summed E-state index contributed by atoms with van der Waals surface area (Å²) in [4.78, 5) is 17.6. The molecule has 30 heavy (non-hydrogen) atoms. The Kier molecular flexibility index (Phi) is 4.33. The minimum Gasteiger partial charge on any atom is -0.491 e. The highest BCUT2D eigenvalue weighted by Crippen LogP contribution is 2.23. The van der Waals surface area contributed by atoms with E-state index in [1.54, 1.807) is 34.0 Å². The van der Waals surface area contributed by atoms with Crippen molar-refractivity contribution in [1.82, 2.24) is 24.5 Å². The summed E-state index contributed by atoms with van der Waals surface area (Å²) < 4.78 is 8.70. The molecule has 0 unspecified atom stereocenters. The number of benzene rings is 2. The fraction of sp³-hybridized carbons (Fsp3) is 0.0435. The molecule has 0 saturated carbocycles. The van der Waals surface area contributed by atoms with Crippen molar-refractivity contribution in [3.8, 4) is 28.5 Å². The standard InChI is InChI=1S/C23H17N5O2/c1-30-20-15-27(18-11-5-7-16-8-6-13-24-21(16)18)26-22(23(20)29)19-12-14-25-28(19)17-9-3-2-4-10-17/h2-15H,1H3. The van der Waals surface area contributed by atoms with Crippen molar-refractivity contribution in [2.24, 2.45) is 0 Å². The maximum atomic E-state index is 13.1. The number of para-hydroxylation sites is 2. The first kappa shape index (κ1) is 17.8. The molecule has 7 heteroatoms. The van der Waals surface area contributed by atoms with Crippen molar-refractivity contribution in [3.63, 3.8) is 0 Å². The normalized spacial score (nSPS) is 11.0. The Hall–Kier alpha value is -4.26. The van der Waals surface area contributed by atoms with Crippen LogP contribution < -0.4 is 10.2 Å². The highest BCUT2D eigenvalue weighted by Gasteiger charge is 2.18. The second-order valence-corrected chi connectivity index (χ2v) is 6.64. The predicted molar refractivity (Wildman–Crippen MR) is 114 cm³/mol. The third-order valence-electron chi connectivity index (χ3n) is 4.85. The lowest BCUT2D eigenvalue weighted by Crippen LogP contribution is -2.18. The van der Waals surface area contributed by atoms with Crippen LogP contribution in [-0.2, 0) is 0 Å². The molecule has 0 bridgehead atoms. The zero-order valence-electron chi connectivity index (χ0n) is 16.1. The van der Waals surface area contributed by atoms with E-state index in [0.29, 0.717) is 5.69 Å². The molecule has 3 aromatic heterocycles. The van der Waals surface area contributed by atoms with Crippen LogP contribution in [0.2, 0.25) is 0 Å². The van der Waals surface area contributed by atoms with Gasteiger partial charge in [-0.05, 0) is 30.3 Å². The van der Waals surface area contributed by atoms with Gasteiger partial charge in [-0.3, -0.25) is 9.78 Å². The zero-order valence-corrected chi connectivity index (χ0v) is 16.1. The fourth-order valence-corrected chi connectivity index (χ4v) is 3.44. The Balaban J connectivity index is 1.76. The van der Waals surface area contributed by atoms with Crippen LogP contribution in [0.3, 0.4) is 0 Å². The summed E-state index contributed by atoms with van der Waals surface area (Å²) in [6, 6.07) is 21.1. The molecular formula is C23H17N5O2. The number of fused-ring (bicyclic) bond motifs is 1. The van der Waals surface area contributed by atoms with E-state index in [1.165, 1.54) is 7.11 Å². The second kappa shape index (κ2) is 7.29. The van der Waals surface area contributed by atoms with Gasteiger partial charge in [0.05, 0.1) is 42.1 Å². The number of aromatic nitrogens is 5. The van der Waals surface area contributed by atoms with Crippen molar-refractivity contribution >= 4 is 10.9 Å². The van der Waals surface area contributed by atoms with Gasteiger partial charge in [-0.15, -0.1) is 0 Å². The molecule has 146 valence electrons. The monoisotopic (exact) mass is 395 g/mol. The van der Waals surface area contributed by atoms with Gasteiger partial charge in [0, 0.05) is 11.6 Å². The van der Waals surface area contributed by atoms with Crippen LogP contribution in [-0.4, -0.2) is 31.7 Å². The van der Waals surface area contributed by atoms with Gasteiger partial charge in [-0.1, -0.05) is 36.4 Å². The van der Waals surface area contributed by atoms with Crippen LogP contribution in [0.25, 0.3) is 33.7 Å². The Labute approximate surface area is 171 Å². The lowest BCUT2D eigenvalue weighted by molar-refractivity contribution is 0.405. The lowest BCUT2D eigenvalue weighted by atomic mass is 10.2. The molecule has 5 aromatic rings. The Morgan fingerprint density at radius 3 is 2.57 bits per heavy atom. The Morgan fingerprint density at radius 2 is 1.73 bits per heavy atom. The number of pyridine rings is 1. The minimum atomic E-state index is -0.306. The predicted octanol–water partition coefficient (Wildman–Crippen LogP) is 3.64. The molecule has 0 aliphatic rings. The maximum Gasteiger partial charge on any atom is 0.251 e. The van der Waals surface area contributed by atoms with Gasteiger partial charge in [0.25, 0.3) is 5.43 Å². The number of rotatable bonds is 4. The average molecular weight is 395 g/mol. The van der Waals surface area contributed by atoms with Crippen LogP contribution in [0.4, 0.5) is 0 Å². The first-order valence-electron chi connectivity index (χ1n) is 9.38. The molecule has 7 nitrogen and oxygen atoms in total. The van der Waals surface area contributed by atoms with Crippen molar-refractivity contribution in [1.29, 1.82) is 0 Å². The Morgan fingerprint density at radius 1 is 0.900 bits per heavy atom. The van der Waals surface area contributed by atoms with Crippen molar-refractivity contribution < 1.29 is 4.74 Å². The molecule has 0 N–H and O–H groups in total. The molecule has 5 rings (SSSR count). The van der Waals surface area contributed by atoms with Crippen LogP contribution in [0.5, 0.6) is 5.75 Å². The van der Waals surface area contributed by atoms with Gasteiger partial charge in [0.15, 0.2) is 11.4 Å². The van der Waals surface area contributed by atoms with Crippen molar-refractivity contribution in [2.45, 2.75) is 0 Å². The minimum absolute atomic E-state index is 0.189. The van der Waals surface area contributed by atoms with Crippen molar-refractivity contribution in [3.05, 3.63) is 95.5 Å². The van der Waals surface area contributed by atoms with Gasteiger partial charge < -0.3 is 4.74 Å². The largest absolute Gasteiger partial charge is 0.491 e. The topological polar surface area (TPSA) is 74.8 Å². The molecule has 0 aliphatic heterocycles. The summed E-state index contributed by atoms with van der Waals surface area (Å²) in [5, 5.41) is 10.0. The molecule has 0 atom stereocenters. The second-order valence-electron chi connectivity index (χ2n) is 6.64. The average Bonchev–Trinajstić information content (AvgIpc) is 3.29. The van der Waals surface area contributed by atoms with Gasteiger partial charge in [-0.25, -0.2) is 9.36 Å². The molecule has 0 aliphatic carbocycles. The Bertz CT molecular complexity index is 1400. The smallest absolute Gasteiger partial charge is 0.251 e. The van der Waals surface area contributed by atoms with Crippen LogP contribution in [0.1, 0.15) is 0 Å². The van der Waals surface area contributed by atoms with Crippen LogP contribution >= 0.6 is 0 Å². The first-order valence-corrected chi connectivity index (χ1v) is 9.38.